The second kappa shape index (κ2) is 8.05. The van der Waals surface area contributed by atoms with E-state index in [1.165, 1.54) is 4.90 Å². The van der Waals surface area contributed by atoms with Crippen molar-refractivity contribution in [2.75, 3.05) is 32.1 Å². The molecule has 0 spiro atoms. The smallest absolute Gasteiger partial charge is 0.293 e. The lowest BCUT2D eigenvalue weighted by Gasteiger charge is -2.14. The lowest BCUT2D eigenvalue weighted by atomic mass is 10.1. The second-order valence-corrected chi connectivity index (χ2v) is 7.72. The number of hydrogen-bond donors (Lipinski definition) is 0. The monoisotopic (exact) mass is 408 g/mol. The van der Waals surface area contributed by atoms with Crippen LogP contribution in [0.1, 0.15) is 5.76 Å². The molecule has 0 saturated carbocycles. The van der Waals surface area contributed by atoms with Crippen molar-refractivity contribution in [3.63, 3.8) is 0 Å². The van der Waals surface area contributed by atoms with E-state index in [0.717, 1.165) is 28.3 Å². The number of thioether (sulfide) groups is 1. The number of benzene rings is 2. The molecule has 29 heavy (non-hydrogen) atoms. The molecule has 0 aliphatic carbocycles. The molecular weight excluding hydrogens is 388 g/mol. The summed E-state index contributed by atoms with van der Waals surface area (Å²) in [6.07, 6.45) is 1.60. The van der Waals surface area contributed by atoms with Crippen molar-refractivity contribution in [1.82, 2.24) is 4.90 Å². The Hall–Kier alpha value is -3.19. The van der Waals surface area contributed by atoms with Gasteiger partial charge in [-0.1, -0.05) is 36.4 Å². The number of fused-ring (bicyclic) bond motifs is 1. The van der Waals surface area contributed by atoms with Crippen LogP contribution in [0.25, 0.3) is 16.8 Å². The molecule has 1 aliphatic rings. The first-order valence-corrected chi connectivity index (χ1v) is 9.97. The standard InChI is InChI=1S/C22H20N2O4S/c1-23(2)20-11-10-16(28-20)14-19-21(25)24(22(26)29-19)12-13-27-18-9-5-7-15-6-3-4-8-17(15)18/h3-11,14H,12-13H2,1-2H3/b19-14-. The van der Waals surface area contributed by atoms with E-state index in [2.05, 4.69) is 0 Å². The number of carbonyl (C=O) groups is 2. The van der Waals surface area contributed by atoms with E-state index >= 15 is 0 Å². The summed E-state index contributed by atoms with van der Waals surface area (Å²) < 4.78 is 11.5. The third-order valence-corrected chi connectivity index (χ3v) is 5.43. The van der Waals surface area contributed by atoms with Gasteiger partial charge in [0.05, 0.1) is 11.4 Å². The van der Waals surface area contributed by atoms with Gasteiger partial charge in [0.25, 0.3) is 11.1 Å². The molecule has 0 unspecified atom stereocenters. The first-order chi connectivity index (χ1) is 14.0. The largest absolute Gasteiger partial charge is 0.491 e. The lowest BCUT2D eigenvalue weighted by molar-refractivity contribution is -0.123. The van der Waals surface area contributed by atoms with E-state index < -0.39 is 0 Å². The summed E-state index contributed by atoms with van der Waals surface area (Å²) in [4.78, 5) is 28.3. The molecule has 0 N–H and O–H groups in total. The second-order valence-electron chi connectivity index (χ2n) is 6.73. The van der Waals surface area contributed by atoms with Crippen LogP contribution >= 0.6 is 11.8 Å². The van der Waals surface area contributed by atoms with E-state index in [1.807, 2.05) is 67.5 Å². The number of nitrogens with zero attached hydrogens (tertiary/aromatic N) is 2. The van der Waals surface area contributed by atoms with Crippen molar-refractivity contribution in [2.45, 2.75) is 0 Å². The third-order valence-electron chi connectivity index (χ3n) is 4.52. The molecule has 2 aromatic carbocycles. The number of furan rings is 1. The molecule has 4 rings (SSSR count). The molecule has 7 heteroatoms. The minimum absolute atomic E-state index is 0.187. The fourth-order valence-electron chi connectivity index (χ4n) is 3.05. The van der Waals surface area contributed by atoms with Crippen LogP contribution in [0.2, 0.25) is 0 Å². The molecule has 148 valence electrons. The Morgan fingerprint density at radius 3 is 2.66 bits per heavy atom. The summed E-state index contributed by atoms with van der Waals surface area (Å²) in [5.74, 6) is 1.62. The predicted octanol–water partition coefficient (Wildman–Crippen LogP) is 4.61. The summed E-state index contributed by atoms with van der Waals surface area (Å²) in [7, 11) is 3.73. The van der Waals surface area contributed by atoms with Crippen LogP contribution in [0.4, 0.5) is 10.7 Å². The van der Waals surface area contributed by atoms with Gasteiger partial charge in [0, 0.05) is 31.6 Å². The minimum Gasteiger partial charge on any atom is -0.491 e. The molecule has 1 aliphatic heterocycles. The molecule has 1 aromatic heterocycles. The average Bonchev–Trinajstić information content (AvgIpc) is 3.28. The summed E-state index contributed by atoms with van der Waals surface area (Å²) >= 11 is 0.912. The first kappa shape index (κ1) is 19.1. The zero-order valence-corrected chi connectivity index (χ0v) is 16.9. The Morgan fingerprint density at radius 1 is 1.07 bits per heavy atom. The highest BCUT2D eigenvalue weighted by Gasteiger charge is 2.35. The Balaban J connectivity index is 1.42. The Labute approximate surface area is 172 Å². The molecule has 2 heterocycles. The van der Waals surface area contributed by atoms with Gasteiger partial charge in [-0.15, -0.1) is 0 Å². The molecule has 1 fully saturated rings. The van der Waals surface area contributed by atoms with E-state index in [9.17, 15) is 9.59 Å². The predicted molar refractivity (Wildman–Crippen MR) is 115 cm³/mol. The van der Waals surface area contributed by atoms with Gasteiger partial charge >= 0.3 is 0 Å². The molecule has 6 nitrogen and oxygen atoms in total. The maximum atomic E-state index is 12.6. The third kappa shape index (κ3) is 4.00. The van der Waals surface area contributed by atoms with Crippen LogP contribution in [0.5, 0.6) is 5.75 Å². The van der Waals surface area contributed by atoms with Crippen LogP contribution in [0.15, 0.2) is 63.9 Å². The molecule has 0 atom stereocenters. The molecular formula is C22H20N2O4S. The minimum atomic E-state index is -0.329. The van der Waals surface area contributed by atoms with Crippen molar-refractivity contribution < 1.29 is 18.7 Å². The zero-order valence-electron chi connectivity index (χ0n) is 16.1. The normalized spacial score (nSPS) is 15.5. The highest BCUT2D eigenvalue weighted by Crippen LogP contribution is 2.33. The van der Waals surface area contributed by atoms with Gasteiger partial charge in [-0.25, -0.2) is 0 Å². The Kier molecular flexibility index (Phi) is 5.31. The number of ether oxygens (including phenoxy) is 1. The van der Waals surface area contributed by atoms with Crippen LogP contribution < -0.4 is 9.64 Å². The highest BCUT2D eigenvalue weighted by molar-refractivity contribution is 8.18. The fourth-order valence-corrected chi connectivity index (χ4v) is 3.90. The topological polar surface area (TPSA) is 63.0 Å². The Bertz CT molecular complexity index is 1100. The van der Waals surface area contributed by atoms with Crippen molar-refractivity contribution in [2.24, 2.45) is 0 Å². The SMILES string of the molecule is CN(C)c1ccc(/C=C2\SC(=O)N(CCOc3cccc4ccccc34)C2=O)o1. The summed E-state index contributed by atoms with van der Waals surface area (Å²) in [6, 6.07) is 17.3. The summed E-state index contributed by atoms with van der Waals surface area (Å²) in [6.45, 7) is 0.414. The van der Waals surface area contributed by atoms with Gasteiger partial charge in [0.2, 0.25) is 0 Å². The average molecular weight is 408 g/mol. The number of amides is 2. The number of anilines is 1. The van der Waals surface area contributed by atoms with Gasteiger partial charge in [0.15, 0.2) is 5.88 Å². The number of hydrogen-bond acceptors (Lipinski definition) is 6. The fraction of sp³-hybridized carbons (Fsp3) is 0.182. The van der Waals surface area contributed by atoms with Crippen LogP contribution in [-0.4, -0.2) is 43.3 Å². The van der Waals surface area contributed by atoms with Gasteiger partial charge in [-0.3, -0.25) is 14.5 Å². The van der Waals surface area contributed by atoms with Crippen molar-refractivity contribution in [3.8, 4) is 5.75 Å². The molecule has 0 radical (unpaired) electrons. The Morgan fingerprint density at radius 2 is 1.86 bits per heavy atom. The van der Waals surface area contributed by atoms with Crippen LogP contribution in [0.3, 0.4) is 0 Å². The van der Waals surface area contributed by atoms with E-state index in [4.69, 9.17) is 9.15 Å². The first-order valence-electron chi connectivity index (χ1n) is 9.16. The van der Waals surface area contributed by atoms with Gasteiger partial charge in [0.1, 0.15) is 18.1 Å². The maximum absolute atomic E-state index is 12.6. The van der Waals surface area contributed by atoms with Crippen LogP contribution in [-0.2, 0) is 4.79 Å². The highest BCUT2D eigenvalue weighted by atomic mass is 32.2. The quantitative estimate of drug-likeness (QED) is 0.555. The van der Waals surface area contributed by atoms with Gasteiger partial charge in [-0.05, 0) is 29.3 Å². The van der Waals surface area contributed by atoms with E-state index in [0.29, 0.717) is 16.5 Å². The zero-order chi connectivity index (χ0) is 20.4. The van der Waals surface area contributed by atoms with Crippen LogP contribution in [0, 0.1) is 0 Å². The maximum Gasteiger partial charge on any atom is 0.293 e. The van der Waals surface area contributed by atoms with Crippen molar-refractivity contribution in [1.29, 1.82) is 0 Å². The van der Waals surface area contributed by atoms with E-state index in [-0.39, 0.29) is 24.3 Å². The number of carbonyl (C=O) groups excluding carboxylic acids is 2. The van der Waals surface area contributed by atoms with Gasteiger partial charge < -0.3 is 14.1 Å². The summed E-state index contributed by atoms with van der Waals surface area (Å²) in [5, 5.41) is 1.77. The number of rotatable bonds is 6. The molecule has 1 saturated heterocycles. The van der Waals surface area contributed by atoms with Crippen molar-refractivity contribution >= 4 is 45.6 Å². The molecule has 0 bridgehead atoms. The molecule has 3 aromatic rings. The van der Waals surface area contributed by atoms with Crippen molar-refractivity contribution in [3.05, 3.63) is 65.3 Å². The number of imide groups is 1. The molecule has 2 amide bonds. The lowest BCUT2D eigenvalue weighted by Crippen LogP contribution is -2.32. The summed E-state index contributed by atoms with van der Waals surface area (Å²) in [5.41, 5.74) is 0. The van der Waals surface area contributed by atoms with E-state index in [1.54, 1.807) is 12.1 Å². The van der Waals surface area contributed by atoms with Gasteiger partial charge in [-0.2, -0.15) is 0 Å².